The second kappa shape index (κ2) is 7.68. The monoisotopic (exact) mass is 552 g/mol. The minimum atomic E-state index is -5.90. The summed E-state index contributed by atoms with van der Waals surface area (Å²) in [5, 5.41) is 2.71. The van der Waals surface area contributed by atoms with E-state index in [4.69, 9.17) is 4.42 Å². The maximum Gasteiger partial charge on any atom is 0.534 e. The Balaban J connectivity index is 1.86. The summed E-state index contributed by atoms with van der Waals surface area (Å²) in [5.74, 6) is -0.510. The third-order valence-electron chi connectivity index (χ3n) is 5.22. The molecule has 0 saturated heterocycles. The Morgan fingerprint density at radius 2 is 1.55 bits per heavy atom. The minimum Gasteiger partial charge on any atom is -0.455 e. The van der Waals surface area contributed by atoms with Crippen molar-refractivity contribution in [3.05, 3.63) is 71.2 Å². The third-order valence-corrected chi connectivity index (χ3v) is 7.35. The van der Waals surface area contributed by atoms with Gasteiger partial charge in [0, 0.05) is 26.6 Å². The average Bonchev–Trinajstić information content (AvgIpc) is 3.14. The molecule has 0 aliphatic rings. The predicted octanol–water partition coefficient (Wildman–Crippen LogP) is 7.69. The molecule has 0 saturated carbocycles. The first-order valence-electron chi connectivity index (χ1n) is 9.44. The van der Waals surface area contributed by atoms with Crippen LogP contribution in [-0.4, -0.2) is 13.9 Å². The number of thiol groups is 1. The van der Waals surface area contributed by atoms with Crippen LogP contribution in [0, 0.1) is 0 Å². The van der Waals surface area contributed by atoms with E-state index < -0.39 is 21.4 Å². The lowest BCUT2D eigenvalue weighted by atomic mass is 9.96. The molecule has 1 heterocycles. The normalized spacial score (nSPS) is 12.6. The van der Waals surface area contributed by atoms with Crippen molar-refractivity contribution in [1.29, 1.82) is 0 Å². The molecule has 5 rings (SSSR count). The number of benzene rings is 4. The van der Waals surface area contributed by atoms with Crippen molar-refractivity contribution >= 4 is 71.4 Å². The van der Waals surface area contributed by atoms with Gasteiger partial charge in [0.1, 0.15) is 11.2 Å². The lowest BCUT2D eigenvalue weighted by Crippen LogP contribution is -2.28. The number of halogens is 4. The fraction of sp³-hybridized carbons (Fsp3) is 0.0435. The molecule has 5 aromatic rings. The predicted molar refractivity (Wildman–Crippen MR) is 127 cm³/mol. The van der Waals surface area contributed by atoms with Gasteiger partial charge in [0.25, 0.3) is 0 Å². The SMILES string of the molecule is O=S(=O)(Oc1cc(-c2cccc3c2oc2ccccc23)c2cccc(S)c2c1Br)C(F)(F)F. The van der Waals surface area contributed by atoms with Gasteiger partial charge in [0.15, 0.2) is 5.75 Å². The highest BCUT2D eigenvalue weighted by molar-refractivity contribution is 9.10. The van der Waals surface area contributed by atoms with E-state index in [0.717, 1.165) is 10.8 Å². The molecule has 4 aromatic carbocycles. The Morgan fingerprint density at radius 3 is 2.30 bits per heavy atom. The van der Waals surface area contributed by atoms with Gasteiger partial charge in [-0.25, -0.2) is 0 Å². The van der Waals surface area contributed by atoms with E-state index in [2.05, 4.69) is 32.7 Å². The molecule has 4 nitrogen and oxygen atoms in total. The largest absolute Gasteiger partial charge is 0.534 e. The van der Waals surface area contributed by atoms with E-state index in [1.54, 1.807) is 30.3 Å². The molecule has 0 radical (unpaired) electrons. The van der Waals surface area contributed by atoms with Crippen LogP contribution in [0.15, 0.2) is 80.5 Å². The molecule has 0 aliphatic heterocycles. The Morgan fingerprint density at radius 1 is 0.879 bits per heavy atom. The summed E-state index contributed by atoms with van der Waals surface area (Å²) >= 11 is 7.64. The van der Waals surface area contributed by atoms with Gasteiger partial charge in [-0.2, -0.15) is 21.6 Å². The van der Waals surface area contributed by atoms with E-state index in [1.807, 2.05) is 30.3 Å². The van der Waals surface area contributed by atoms with Crippen molar-refractivity contribution in [1.82, 2.24) is 0 Å². The number of hydrogen-bond donors (Lipinski definition) is 1. The first-order valence-corrected chi connectivity index (χ1v) is 12.1. The number of furan rings is 1. The summed E-state index contributed by atoms with van der Waals surface area (Å²) in [5.41, 5.74) is -3.43. The standard InChI is InChI=1S/C23H12BrF3O4S2/c24-21-18(31-33(28,29)23(25,26)27)11-16(13-6-4-10-19(32)20(13)21)15-8-3-7-14-12-5-1-2-9-17(12)30-22(14)15/h1-11,32H. The molecule has 0 spiro atoms. The molecular formula is C23H12BrF3O4S2. The molecule has 0 amide bonds. The van der Waals surface area contributed by atoms with Gasteiger partial charge in [-0.3, -0.25) is 0 Å². The van der Waals surface area contributed by atoms with Gasteiger partial charge in [-0.05, 0) is 45.1 Å². The van der Waals surface area contributed by atoms with E-state index in [0.29, 0.717) is 38.0 Å². The Labute approximate surface area is 199 Å². The molecule has 10 heteroatoms. The van der Waals surface area contributed by atoms with Gasteiger partial charge in [-0.15, -0.1) is 12.6 Å². The highest BCUT2D eigenvalue weighted by Gasteiger charge is 2.49. The highest BCUT2D eigenvalue weighted by atomic mass is 79.9. The van der Waals surface area contributed by atoms with Crippen LogP contribution >= 0.6 is 28.6 Å². The first kappa shape index (κ1) is 22.1. The first-order chi connectivity index (χ1) is 15.6. The van der Waals surface area contributed by atoms with E-state index in [-0.39, 0.29) is 4.47 Å². The third kappa shape index (κ3) is 3.56. The number of rotatable bonds is 3. The lowest BCUT2D eigenvalue weighted by molar-refractivity contribution is -0.0500. The van der Waals surface area contributed by atoms with Gasteiger partial charge in [0.05, 0.1) is 4.47 Å². The summed E-state index contributed by atoms with van der Waals surface area (Å²) in [6.07, 6.45) is 0. The highest BCUT2D eigenvalue weighted by Crippen LogP contribution is 2.46. The van der Waals surface area contributed by atoms with Gasteiger partial charge in [-0.1, -0.05) is 48.5 Å². The van der Waals surface area contributed by atoms with Crippen LogP contribution in [0.5, 0.6) is 5.75 Å². The van der Waals surface area contributed by atoms with Crippen LogP contribution < -0.4 is 4.18 Å². The Kier molecular flexibility index (Phi) is 5.15. The van der Waals surface area contributed by atoms with Gasteiger partial charge in [0.2, 0.25) is 0 Å². The minimum absolute atomic E-state index is 0.0384. The number of para-hydroxylation sites is 2. The molecule has 0 atom stereocenters. The zero-order chi connectivity index (χ0) is 23.5. The van der Waals surface area contributed by atoms with Crippen LogP contribution in [0.3, 0.4) is 0 Å². The maximum absolute atomic E-state index is 13.0. The molecule has 168 valence electrons. The average molecular weight is 553 g/mol. The van der Waals surface area contributed by atoms with Gasteiger partial charge >= 0.3 is 15.6 Å². The van der Waals surface area contributed by atoms with Crippen molar-refractivity contribution in [2.75, 3.05) is 0 Å². The van der Waals surface area contributed by atoms with Gasteiger partial charge < -0.3 is 8.60 Å². The van der Waals surface area contributed by atoms with Crippen LogP contribution in [0.2, 0.25) is 0 Å². The second-order valence-electron chi connectivity index (χ2n) is 7.20. The summed E-state index contributed by atoms with van der Waals surface area (Å²) in [7, 11) is -5.90. The zero-order valence-electron chi connectivity index (χ0n) is 16.4. The van der Waals surface area contributed by atoms with E-state index in [9.17, 15) is 21.6 Å². The van der Waals surface area contributed by atoms with Crippen LogP contribution in [0.1, 0.15) is 0 Å². The van der Waals surface area contributed by atoms with Crippen molar-refractivity contribution in [3.8, 4) is 16.9 Å². The molecule has 0 N–H and O–H groups in total. The molecule has 0 unspecified atom stereocenters. The van der Waals surface area contributed by atoms with Crippen LogP contribution in [0.25, 0.3) is 43.8 Å². The summed E-state index contributed by atoms with van der Waals surface area (Å²) in [6.45, 7) is 0. The zero-order valence-corrected chi connectivity index (χ0v) is 19.6. The quantitative estimate of drug-likeness (QED) is 0.141. The topological polar surface area (TPSA) is 56.5 Å². The number of hydrogen-bond acceptors (Lipinski definition) is 5. The maximum atomic E-state index is 13.0. The molecule has 0 bridgehead atoms. The summed E-state index contributed by atoms with van der Waals surface area (Å²) in [4.78, 5) is 0.423. The summed E-state index contributed by atoms with van der Waals surface area (Å²) < 4.78 is 73.3. The number of fused-ring (bicyclic) bond motifs is 4. The van der Waals surface area contributed by atoms with Crippen LogP contribution in [-0.2, 0) is 10.1 Å². The van der Waals surface area contributed by atoms with Crippen molar-refractivity contribution in [2.45, 2.75) is 10.4 Å². The van der Waals surface area contributed by atoms with Crippen LogP contribution in [0.4, 0.5) is 13.2 Å². The molecule has 0 fully saturated rings. The van der Waals surface area contributed by atoms with E-state index >= 15 is 0 Å². The lowest BCUT2D eigenvalue weighted by Gasteiger charge is -2.16. The fourth-order valence-electron chi connectivity index (χ4n) is 3.80. The smallest absolute Gasteiger partial charge is 0.455 e. The second-order valence-corrected chi connectivity index (χ2v) is 10.0. The molecule has 1 aromatic heterocycles. The van der Waals surface area contributed by atoms with Crippen molar-refractivity contribution < 1.29 is 30.2 Å². The Hall–Kier alpha value is -2.69. The summed E-state index contributed by atoms with van der Waals surface area (Å²) in [6, 6.07) is 19.3. The molecule has 33 heavy (non-hydrogen) atoms. The molecule has 0 aliphatic carbocycles. The van der Waals surface area contributed by atoms with Crippen molar-refractivity contribution in [3.63, 3.8) is 0 Å². The fourth-order valence-corrected chi connectivity index (χ4v) is 5.46. The van der Waals surface area contributed by atoms with E-state index in [1.165, 1.54) is 6.07 Å². The number of alkyl halides is 3. The van der Waals surface area contributed by atoms with Crippen molar-refractivity contribution in [2.24, 2.45) is 0 Å². The molecular weight excluding hydrogens is 541 g/mol. The Bertz CT molecular complexity index is 1670.